The van der Waals surface area contributed by atoms with E-state index in [0.717, 1.165) is 37.2 Å². The second-order valence-electron chi connectivity index (χ2n) is 6.86. The van der Waals surface area contributed by atoms with Crippen LogP contribution in [0.3, 0.4) is 0 Å². The van der Waals surface area contributed by atoms with Crippen molar-refractivity contribution in [3.63, 3.8) is 0 Å². The lowest BCUT2D eigenvalue weighted by Crippen LogP contribution is -2.22. The molecule has 0 aliphatic heterocycles. The van der Waals surface area contributed by atoms with Crippen LogP contribution in [0, 0.1) is 13.1 Å². The first-order chi connectivity index (χ1) is 11.5. The van der Waals surface area contributed by atoms with E-state index in [9.17, 15) is 4.79 Å². The van der Waals surface area contributed by atoms with Gasteiger partial charge in [0.15, 0.2) is 0 Å². The highest BCUT2D eigenvalue weighted by Crippen LogP contribution is 2.50. The molecule has 0 radical (unpaired) electrons. The minimum absolute atomic E-state index is 0.123. The van der Waals surface area contributed by atoms with Crippen LogP contribution in [0.5, 0.6) is 5.75 Å². The van der Waals surface area contributed by atoms with Crippen LogP contribution in [0.4, 0.5) is 0 Å². The molecule has 3 nitrogen and oxygen atoms in total. The molecule has 130 valence electrons. The molecule has 0 spiro atoms. The normalized spacial score (nSPS) is 19.1. The van der Waals surface area contributed by atoms with Crippen LogP contribution in [0.2, 0.25) is 0 Å². The summed E-state index contributed by atoms with van der Waals surface area (Å²) in [5.74, 6) is 1.70. The molecule has 0 bridgehead atoms. The Morgan fingerprint density at radius 2 is 1.92 bits per heavy atom. The van der Waals surface area contributed by atoms with Crippen molar-refractivity contribution in [1.82, 2.24) is 0 Å². The number of ether oxygens (including phenoxy) is 2. The van der Waals surface area contributed by atoms with Crippen molar-refractivity contribution in [2.45, 2.75) is 44.4 Å². The number of rotatable bonds is 7. The SMILES string of the molecule is COC(=O)C1(c2cc(I)c(OC/C(C)=C/CC3CC3)c(I)c2)CC1. The Balaban J connectivity index is 1.71. The highest BCUT2D eigenvalue weighted by molar-refractivity contribution is 14.1. The quantitative estimate of drug-likeness (QED) is 0.265. The lowest BCUT2D eigenvalue weighted by atomic mass is 9.96. The maximum absolute atomic E-state index is 12.1. The van der Waals surface area contributed by atoms with E-state index >= 15 is 0 Å². The molecule has 0 heterocycles. The predicted molar refractivity (Wildman–Crippen MR) is 111 cm³/mol. The highest BCUT2D eigenvalue weighted by Gasteiger charge is 2.52. The first-order valence-electron chi connectivity index (χ1n) is 8.32. The van der Waals surface area contributed by atoms with E-state index in [2.05, 4.69) is 70.3 Å². The van der Waals surface area contributed by atoms with Crippen molar-refractivity contribution in [2.75, 3.05) is 13.7 Å². The summed E-state index contributed by atoms with van der Waals surface area (Å²) < 4.78 is 13.2. The smallest absolute Gasteiger partial charge is 0.316 e. The van der Waals surface area contributed by atoms with Crippen LogP contribution < -0.4 is 4.74 Å². The molecule has 0 atom stereocenters. The first-order valence-corrected chi connectivity index (χ1v) is 10.5. The standard InChI is InChI=1S/C19H22I2O3/c1-12(3-4-13-5-6-13)11-24-17-15(20)9-14(10-16(17)21)19(7-8-19)18(22)23-2/h3,9-10,13H,4-8,11H2,1-2H3/b12-3+. The van der Waals surface area contributed by atoms with Crippen molar-refractivity contribution in [1.29, 1.82) is 0 Å². The number of hydrogen-bond donors (Lipinski definition) is 0. The van der Waals surface area contributed by atoms with Gasteiger partial charge in [0.2, 0.25) is 0 Å². The molecule has 0 amide bonds. The van der Waals surface area contributed by atoms with Crippen LogP contribution in [-0.4, -0.2) is 19.7 Å². The fourth-order valence-electron chi connectivity index (χ4n) is 2.87. The lowest BCUT2D eigenvalue weighted by molar-refractivity contribution is -0.143. The van der Waals surface area contributed by atoms with Gasteiger partial charge in [0, 0.05) is 0 Å². The Morgan fingerprint density at radius 3 is 2.42 bits per heavy atom. The van der Waals surface area contributed by atoms with Gasteiger partial charge < -0.3 is 9.47 Å². The molecule has 1 aromatic rings. The summed E-state index contributed by atoms with van der Waals surface area (Å²) >= 11 is 4.60. The molecule has 1 aromatic carbocycles. The summed E-state index contributed by atoms with van der Waals surface area (Å²) in [5.41, 5.74) is 1.91. The van der Waals surface area contributed by atoms with E-state index in [1.807, 2.05) is 0 Å². The molecule has 2 saturated carbocycles. The largest absolute Gasteiger partial charge is 0.487 e. The zero-order valence-corrected chi connectivity index (χ0v) is 18.3. The molecule has 2 aliphatic rings. The van der Waals surface area contributed by atoms with Crippen molar-refractivity contribution >= 4 is 51.2 Å². The van der Waals surface area contributed by atoms with Crippen LogP contribution in [0.15, 0.2) is 23.8 Å². The summed E-state index contributed by atoms with van der Waals surface area (Å²) in [5, 5.41) is 0. The van der Waals surface area contributed by atoms with Gasteiger partial charge in [-0.3, -0.25) is 4.79 Å². The Hall–Kier alpha value is -0.310. The lowest BCUT2D eigenvalue weighted by Gasteiger charge is -2.17. The molecule has 3 rings (SSSR count). The van der Waals surface area contributed by atoms with Gasteiger partial charge in [-0.05, 0) is 113 Å². The minimum atomic E-state index is -0.423. The number of carbonyl (C=O) groups excluding carboxylic acids is 1. The summed E-state index contributed by atoms with van der Waals surface area (Å²) in [6, 6.07) is 4.15. The third-order valence-corrected chi connectivity index (χ3v) is 6.42. The van der Waals surface area contributed by atoms with E-state index in [-0.39, 0.29) is 5.97 Å². The van der Waals surface area contributed by atoms with Crippen LogP contribution in [-0.2, 0) is 14.9 Å². The van der Waals surface area contributed by atoms with E-state index in [1.54, 1.807) is 0 Å². The van der Waals surface area contributed by atoms with Gasteiger partial charge >= 0.3 is 5.97 Å². The summed E-state index contributed by atoms with van der Waals surface area (Å²) in [6.45, 7) is 2.76. The number of esters is 1. The molecule has 0 saturated heterocycles. The van der Waals surface area contributed by atoms with Crippen molar-refractivity contribution in [2.24, 2.45) is 5.92 Å². The van der Waals surface area contributed by atoms with E-state index in [0.29, 0.717) is 6.61 Å². The maximum Gasteiger partial charge on any atom is 0.316 e. The fraction of sp³-hybridized carbons (Fsp3) is 0.526. The molecule has 0 N–H and O–H groups in total. The van der Waals surface area contributed by atoms with Crippen molar-refractivity contribution in [3.05, 3.63) is 36.5 Å². The van der Waals surface area contributed by atoms with Gasteiger partial charge in [0.1, 0.15) is 12.4 Å². The van der Waals surface area contributed by atoms with Crippen LogP contribution in [0.25, 0.3) is 0 Å². The van der Waals surface area contributed by atoms with E-state index < -0.39 is 5.41 Å². The average Bonchev–Trinajstić information content (AvgIpc) is 3.45. The minimum Gasteiger partial charge on any atom is -0.487 e. The van der Waals surface area contributed by atoms with Gasteiger partial charge in [0.05, 0.1) is 19.7 Å². The molecule has 5 heteroatoms. The third kappa shape index (κ3) is 4.08. The predicted octanol–water partition coefficient (Wildman–Crippen LogP) is 5.23. The zero-order valence-electron chi connectivity index (χ0n) is 14.0. The Morgan fingerprint density at radius 1 is 1.29 bits per heavy atom. The van der Waals surface area contributed by atoms with Gasteiger partial charge in [-0.25, -0.2) is 0 Å². The summed E-state index contributed by atoms with van der Waals surface area (Å²) in [6.07, 6.45) is 7.99. The van der Waals surface area contributed by atoms with Crippen molar-refractivity contribution in [3.8, 4) is 5.75 Å². The van der Waals surface area contributed by atoms with Gasteiger partial charge in [-0.1, -0.05) is 6.08 Å². The van der Waals surface area contributed by atoms with Crippen LogP contribution in [0.1, 0.15) is 44.6 Å². The van der Waals surface area contributed by atoms with E-state index in [1.165, 1.54) is 31.9 Å². The number of halogens is 2. The Kier molecular flexibility index (Phi) is 5.79. The second kappa shape index (κ2) is 7.51. The highest BCUT2D eigenvalue weighted by atomic mass is 127. The Bertz CT molecular complexity index is 650. The van der Waals surface area contributed by atoms with Crippen molar-refractivity contribution < 1.29 is 14.3 Å². The number of hydrogen-bond acceptors (Lipinski definition) is 3. The number of allylic oxidation sites excluding steroid dienone is 1. The molecule has 24 heavy (non-hydrogen) atoms. The second-order valence-corrected chi connectivity index (χ2v) is 9.19. The zero-order chi connectivity index (χ0) is 17.3. The Labute approximate surface area is 170 Å². The molecule has 2 fully saturated rings. The van der Waals surface area contributed by atoms with Gasteiger partial charge in [0.25, 0.3) is 0 Å². The number of methoxy groups -OCH3 is 1. The molecular formula is C19H22I2O3. The number of carbonyl (C=O) groups is 1. The third-order valence-electron chi connectivity index (χ3n) is 4.82. The molecule has 0 unspecified atom stereocenters. The monoisotopic (exact) mass is 552 g/mol. The summed E-state index contributed by atoms with van der Waals surface area (Å²) in [4.78, 5) is 12.1. The average molecular weight is 552 g/mol. The first kappa shape index (κ1) is 18.5. The van der Waals surface area contributed by atoms with Gasteiger partial charge in [-0.15, -0.1) is 0 Å². The van der Waals surface area contributed by atoms with Crippen LogP contribution >= 0.6 is 45.2 Å². The molecule has 0 aromatic heterocycles. The van der Waals surface area contributed by atoms with E-state index in [4.69, 9.17) is 9.47 Å². The van der Waals surface area contributed by atoms with Gasteiger partial charge in [-0.2, -0.15) is 0 Å². The topological polar surface area (TPSA) is 35.5 Å². The molecule has 2 aliphatic carbocycles. The number of benzene rings is 1. The summed E-state index contributed by atoms with van der Waals surface area (Å²) in [7, 11) is 1.46. The maximum atomic E-state index is 12.1. The molecular weight excluding hydrogens is 530 g/mol. The fourth-order valence-corrected chi connectivity index (χ4v) is 4.95.